The molecule has 7 nitrogen and oxygen atoms in total. The third kappa shape index (κ3) is 3.34. The summed E-state index contributed by atoms with van der Waals surface area (Å²) < 4.78 is 28.2. The van der Waals surface area contributed by atoms with E-state index >= 15 is 0 Å². The minimum atomic E-state index is -3.56. The van der Waals surface area contributed by atoms with Crippen molar-refractivity contribution in [2.45, 2.75) is 17.9 Å². The standard InChI is InChI=1S/C16H19N3O4S/c1-18-10-15(17-11-18)24(22,23)19-6-5-13(9-19)7-12-3-2-4-14(8-12)16(20)21/h2-4,8,10-11,13H,5-7,9H2,1H3,(H,20,21)/t13-/m0/s1. The fourth-order valence-electron chi connectivity index (χ4n) is 3.00. The Morgan fingerprint density at radius 3 is 2.88 bits per heavy atom. The average molecular weight is 349 g/mol. The number of carboxylic acid groups (broad SMARTS) is 1. The predicted octanol–water partition coefficient (Wildman–Crippen LogP) is 1.37. The van der Waals surface area contributed by atoms with Crippen LogP contribution in [0.25, 0.3) is 0 Å². The van der Waals surface area contributed by atoms with Crippen LogP contribution in [0.5, 0.6) is 0 Å². The highest BCUT2D eigenvalue weighted by Gasteiger charge is 2.33. The molecule has 0 amide bonds. The largest absolute Gasteiger partial charge is 0.478 e. The Balaban J connectivity index is 1.69. The molecule has 2 heterocycles. The zero-order valence-corrected chi connectivity index (χ0v) is 14.1. The number of imidazole rings is 1. The van der Waals surface area contributed by atoms with Gasteiger partial charge in [-0.05, 0) is 36.5 Å². The minimum Gasteiger partial charge on any atom is -0.478 e. The second-order valence-electron chi connectivity index (χ2n) is 6.10. The molecule has 3 rings (SSSR count). The molecule has 24 heavy (non-hydrogen) atoms. The minimum absolute atomic E-state index is 0.0681. The summed E-state index contributed by atoms with van der Waals surface area (Å²) in [6, 6.07) is 6.80. The zero-order valence-electron chi connectivity index (χ0n) is 13.3. The van der Waals surface area contributed by atoms with Gasteiger partial charge in [0.15, 0.2) is 5.03 Å². The number of carboxylic acids is 1. The molecule has 1 aliphatic rings. The first-order valence-corrected chi connectivity index (χ1v) is 9.10. The monoisotopic (exact) mass is 349 g/mol. The van der Waals surface area contributed by atoms with Gasteiger partial charge in [-0.15, -0.1) is 0 Å². The maximum absolute atomic E-state index is 12.6. The quantitative estimate of drug-likeness (QED) is 0.880. The lowest BCUT2D eigenvalue weighted by Gasteiger charge is -2.15. The van der Waals surface area contributed by atoms with Crippen molar-refractivity contribution in [1.29, 1.82) is 0 Å². The van der Waals surface area contributed by atoms with Gasteiger partial charge in [-0.1, -0.05) is 12.1 Å². The van der Waals surface area contributed by atoms with Crippen molar-refractivity contribution in [3.8, 4) is 0 Å². The fraction of sp³-hybridized carbons (Fsp3) is 0.375. The van der Waals surface area contributed by atoms with E-state index in [1.165, 1.54) is 16.8 Å². The summed E-state index contributed by atoms with van der Waals surface area (Å²) in [4.78, 5) is 15.0. The zero-order chi connectivity index (χ0) is 17.3. The predicted molar refractivity (Wildman–Crippen MR) is 87.2 cm³/mol. The van der Waals surface area contributed by atoms with E-state index in [2.05, 4.69) is 4.98 Å². The van der Waals surface area contributed by atoms with Crippen molar-refractivity contribution < 1.29 is 18.3 Å². The van der Waals surface area contributed by atoms with Gasteiger partial charge < -0.3 is 9.67 Å². The number of aromatic nitrogens is 2. The van der Waals surface area contributed by atoms with Gasteiger partial charge in [-0.2, -0.15) is 4.31 Å². The highest BCUT2D eigenvalue weighted by Crippen LogP contribution is 2.26. The summed E-state index contributed by atoms with van der Waals surface area (Å²) >= 11 is 0. The van der Waals surface area contributed by atoms with E-state index in [0.29, 0.717) is 19.5 Å². The maximum atomic E-state index is 12.6. The van der Waals surface area contributed by atoms with Crippen molar-refractivity contribution in [2.75, 3.05) is 13.1 Å². The van der Waals surface area contributed by atoms with Crippen molar-refractivity contribution in [3.63, 3.8) is 0 Å². The first-order valence-electron chi connectivity index (χ1n) is 7.66. The lowest BCUT2D eigenvalue weighted by Crippen LogP contribution is -2.29. The normalized spacial score (nSPS) is 18.8. The SMILES string of the molecule is Cn1cnc(S(=O)(=O)N2CC[C@@H](Cc3cccc(C(=O)O)c3)C2)c1. The van der Waals surface area contributed by atoms with E-state index in [1.807, 2.05) is 6.07 Å². The molecule has 0 spiro atoms. The summed E-state index contributed by atoms with van der Waals surface area (Å²) in [5.74, 6) is -0.782. The molecule has 1 atom stereocenters. The molecule has 0 radical (unpaired) electrons. The highest BCUT2D eigenvalue weighted by atomic mass is 32.2. The van der Waals surface area contributed by atoms with Crippen LogP contribution in [0.15, 0.2) is 41.8 Å². The van der Waals surface area contributed by atoms with Crippen molar-refractivity contribution in [1.82, 2.24) is 13.9 Å². The van der Waals surface area contributed by atoms with E-state index in [-0.39, 0.29) is 16.5 Å². The number of carbonyl (C=O) groups is 1. The molecule has 128 valence electrons. The molecule has 1 aliphatic heterocycles. The number of aromatic carboxylic acids is 1. The van der Waals surface area contributed by atoms with Crippen LogP contribution in [0, 0.1) is 5.92 Å². The number of aryl methyl sites for hydroxylation is 1. The van der Waals surface area contributed by atoms with Crippen LogP contribution < -0.4 is 0 Å². The molecule has 8 heteroatoms. The molecule has 1 aromatic heterocycles. The summed E-state index contributed by atoms with van der Waals surface area (Å²) in [7, 11) is -1.83. The van der Waals surface area contributed by atoms with Crippen LogP contribution in [0.3, 0.4) is 0 Å². The van der Waals surface area contributed by atoms with Gasteiger partial charge in [-0.3, -0.25) is 0 Å². The summed E-state index contributed by atoms with van der Waals surface area (Å²) in [5, 5.41) is 9.12. The first kappa shape index (κ1) is 16.7. The van der Waals surface area contributed by atoms with E-state index in [1.54, 1.807) is 29.8 Å². The Kier molecular flexibility index (Phi) is 4.42. The van der Waals surface area contributed by atoms with Gasteiger partial charge in [0.05, 0.1) is 11.9 Å². The van der Waals surface area contributed by atoms with Crippen LogP contribution in [0.4, 0.5) is 0 Å². The highest BCUT2D eigenvalue weighted by molar-refractivity contribution is 7.89. The lowest BCUT2D eigenvalue weighted by molar-refractivity contribution is 0.0696. The number of nitrogens with zero attached hydrogens (tertiary/aromatic N) is 3. The molecule has 1 N–H and O–H groups in total. The van der Waals surface area contributed by atoms with Crippen LogP contribution >= 0.6 is 0 Å². The lowest BCUT2D eigenvalue weighted by atomic mass is 9.97. The molecule has 0 aliphatic carbocycles. The van der Waals surface area contributed by atoms with Gasteiger partial charge in [0, 0.05) is 26.3 Å². The number of hydrogen-bond acceptors (Lipinski definition) is 4. The number of rotatable bonds is 5. The van der Waals surface area contributed by atoms with Crippen LogP contribution in [0.2, 0.25) is 0 Å². The summed E-state index contributed by atoms with van der Waals surface area (Å²) in [6.45, 7) is 0.887. The van der Waals surface area contributed by atoms with Crippen molar-refractivity contribution in [2.24, 2.45) is 13.0 Å². The second-order valence-corrected chi connectivity index (χ2v) is 7.99. The molecule has 1 saturated heterocycles. The molecule has 2 aromatic rings. The smallest absolute Gasteiger partial charge is 0.335 e. The third-order valence-corrected chi connectivity index (χ3v) is 5.98. The molecule has 0 unspecified atom stereocenters. The molecule has 0 bridgehead atoms. The van der Waals surface area contributed by atoms with Gasteiger partial charge in [0.25, 0.3) is 10.0 Å². The van der Waals surface area contributed by atoms with Gasteiger partial charge in [0.1, 0.15) is 0 Å². The molecule has 0 saturated carbocycles. The molecular weight excluding hydrogens is 330 g/mol. The third-order valence-electron chi connectivity index (χ3n) is 4.23. The van der Waals surface area contributed by atoms with E-state index < -0.39 is 16.0 Å². The van der Waals surface area contributed by atoms with E-state index in [9.17, 15) is 13.2 Å². The fourth-order valence-corrected chi connectivity index (χ4v) is 4.50. The van der Waals surface area contributed by atoms with E-state index in [4.69, 9.17) is 5.11 Å². The Morgan fingerprint density at radius 1 is 1.42 bits per heavy atom. The molecule has 1 fully saturated rings. The van der Waals surface area contributed by atoms with Gasteiger partial charge >= 0.3 is 5.97 Å². The van der Waals surface area contributed by atoms with E-state index in [0.717, 1.165) is 12.0 Å². The van der Waals surface area contributed by atoms with Crippen molar-refractivity contribution >= 4 is 16.0 Å². The maximum Gasteiger partial charge on any atom is 0.335 e. The van der Waals surface area contributed by atoms with Gasteiger partial charge in [-0.25, -0.2) is 18.2 Å². The topological polar surface area (TPSA) is 92.5 Å². The Labute approximate surface area is 140 Å². The summed E-state index contributed by atoms with van der Waals surface area (Å²) in [5.41, 5.74) is 1.17. The van der Waals surface area contributed by atoms with Crippen molar-refractivity contribution in [3.05, 3.63) is 47.9 Å². The second kappa shape index (κ2) is 6.37. The summed E-state index contributed by atoms with van der Waals surface area (Å²) in [6.07, 6.45) is 4.38. The van der Waals surface area contributed by atoms with Crippen LogP contribution in [0.1, 0.15) is 22.3 Å². The number of benzene rings is 1. The average Bonchev–Trinajstić information content (AvgIpc) is 3.17. The van der Waals surface area contributed by atoms with Crippen LogP contribution in [-0.2, 0) is 23.5 Å². The van der Waals surface area contributed by atoms with Gasteiger partial charge in [0.2, 0.25) is 0 Å². The Morgan fingerprint density at radius 2 is 2.21 bits per heavy atom. The number of hydrogen-bond donors (Lipinski definition) is 1. The Hall–Kier alpha value is -2.19. The molecular formula is C16H19N3O4S. The Bertz CT molecular complexity index is 860. The number of sulfonamides is 1. The van der Waals surface area contributed by atoms with Crippen LogP contribution in [-0.4, -0.2) is 46.4 Å². The molecule has 1 aromatic carbocycles. The first-order chi connectivity index (χ1) is 11.4.